The molecular weight excluding hydrogens is 354 g/mol. The Labute approximate surface area is 151 Å². The lowest BCUT2D eigenvalue weighted by atomic mass is 10.1. The highest BCUT2D eigenvalue weighted by Gasteiger charge is 2.16. The summed E-state index contributed by atoms with van der Waals surface area (Å²) in [5, 5.41) is 7.45. The van der Waals surface area contributed by atoms with Gasteiger partial charge in [-0.05, 0) is 50.2 Å². The van der Waals surface area contributed by atoms with Gasteiger partial charge in [-0.2, -0.15) is 0 Å². The number of fused-ring (bicyclic) bond motifs is 1. The van der Waals surface area contributed by atoms with Crippen LogP contribution in [0.4, 0.5) is 5.69 Å². The molecule has 0 radical (unpaired) electrons. The predicted molar refractivity (Wildman–Crippen MR) is 98.2 cm³/mol. The lowest BCUT2D eigenvalue weighted by Crippen LogP contribution is -2.30. The smallest absolute Gasteiger partial charge is 0.240 e. The van der Waals surface area contributed by atoms with E-state index in [0.29, 0.717) is 17.0 Å². The third-order valence-corrected chi connectivity index (χ3v) is 5.29. The average Bonchev–Trinajstić information content (AvgIpc) is 2.97. The van der Waals surface area contributed by atoms with Crippen LogP contribution in [0.5, 0.6) is 0 Å². The van der Waals surface area contributed by atoms with Crippen molar-refractivity contribution in [3.05, 3.63) is 54.2 Å². The molecule has 1 amide bonds. The molecule has 2 N–H and O–H groups in total. The number of amides is 1. The molecule has 3 aromatic rings. The van der Waals surface area contributed by atoms with Gasteiger partial charge in [0, 0.05) is 17.1 Å². The highest BCUT2D eigenvalue weighted by Crippen LogP contribution is 2.19. The molecule has 0 fully saturated rings. The van der Waals surface area contributed by atoms with E-state index in [9.17, 15) is 13.2 Å². The van der Waals surface area contributed by atoms with Crippen molar-refractivity contribution in [3.8, 4) is 0 Å². The van der Waals surface area contributed by atoms with E-state index in [2.05, 4.69) is 15.2 Å². The normalized spacial score (nSPS) is 11.8. The summed E-state index contributed by atoms with van der Waals surface area (Å²) in [6.45, 7) is 3.50. The Morgan fingerprint density at radius 1 is 1.12 bits per heavy atom. The van der Waals surface area contributed by atoms with Gasteiger partial charge in [-0.15, -0.1) is 0 Å². The summed E-state index contributed by atoms with van der Waals surface area (Å²) in [7, 11) is -3.56. The van der Waals surface area contributed by atoms with Crippen LogP contribution in [-0.2, 0) is 21.2 Å². The molecule has 0 spiro atoms. The minimum absolute atomic E-state index is 0.0615. The Bertz CT molecular complexity index is 1020. The molecule has 0 atom stereocenters. The number of carbonyl (C=O) groups is 1. The second kappa shape index (κ2) is 7.27. The van der Waals surface area contributed by atoms with Gasteiger partial charge in [-0.3, -0.25) is 4.79 Å². The van der Waals surface area contributed by atoms with Crippen molar-refractivity contribution in [2.75, 3.05) is 5.32 Å². The van der Waals surface area contributed by atoms with Gasteiger partial charge >= 0.3 is 0 Å². The Morgan fingerprint density at radius 2 is 1.81 bits per heavy atom. The van der Waals surface area contributed by atoms with E-state index in [0.717, 1.165) is 5.39 Å². The van der Waals surface area contributed by atoms with E-state index in [1.165, 1.54) is 12.1 Å². The van der Waals surface area contributed by atoms with E-state index in [4.69, 9.17) is 4.52 Å². The maximum absolute atomic E-state index is 12.2. The summed E-state index contributed by atoms with van der Waals surface area (Å²) >= 11 is 0. The van der Waals surface area contributed by atoms with Crippen molar-refractivity contribution in [3.63, 3.8) is 0 Å². The quantitative estimate of drug-likeness (QED) is 0.692. The van der Waals surface area contributed by atoms with Gasteiger partial charge < -0.3 is 9.84 Å². The number of aromatic nitrogens is 1. The lowest BCUT2D eigenvalue weighted by molar-refractivity contribution is -0.115. The summed E-state index contributed by atoms with van der Waals surface area (Å²) < 4.78 is 31.9. The monoisotopic (exact) mass is 373 g/mol. The number of nitrogens with one attached hydrogen (secondary N) is 2. The van der Waals surface area contributed by atoms with Crippen LogP contribution in [0.15, 0.2) is 57.9 Å². The number of hydrogen-bond donors (Lipinski definition) is 2. The van der Waals surface area contributed by atoms with Crippen molar-refractivity contribution in [2.45, 2.75) is 31.2 Å². The summed E-state index contributed by atoms with van der Waals surface area (Å²) in [6, 6.07) is 13.1. The van der Waals surface area contributed by atoms with Crippen LogP contribution in [0, 0.1) is 0 Å². The number of hydrogen-bond acceptors (Lipinski definition) is 5. The number of benzene rings is 2. The number of anilines is 1. The average molecular weight is 373 g/mol. The first kappa shape index (κ1) is 18.1. The first-order valence-electron chi connectivity index (χ1n) is 8.11. The zero-order chi connectivity index (χ0) is 18.7. The van der Waals surface area contributed by atoms with E-state index in [-0.39, 0.29) is 23.3 Å². The molecule has 0 aliphatic heterocycles. The summed E-state index contributed by atoms with van der Waals surface area (Å²) in [5.41, 5.74) is 1.69. The molecule has 1 heterocycles. The van der Waals surface area contributed by atoms with Gasteiger partial charge in [0.25, 0.3) is 0 Å². The van der Waals surface area contributed by atoms with Gasteiger partial charge in [-0.25, -0.2) is 13.1 Å². The molecule has 2 aromatic carbocycles. The third kappa shape index (κ3) is 4.09. The number of carbonyl (C=O) groups excluding carboxylic acids is 1. The molecule has 0 aliphatic carbocycles. The van der Waals surface area contributed by atoms with Crippen molar-refractivity contribution in [1.82, 2.24) is 9.88 Å². The summed E-state index contributed by atoms with van der Waals surface area (Å²) in [6.07, 6.45) is 0.0615. The zero-order valence-corrected chi connectivity index (χ0v) is 15.2. The molecule has 3 rings (SSSR count). The Kier molecular flexibility index (Phi) is 5.06. The van der Waals surface area contributed by atoms with E-state index in [1.54, 1.807) is 32.0 Å². The van der Waals surface area contributed by atoms with Crippen LogP contribution < -0.4 is 10.0 Å². The van der Waals surface area contributed by atoms with Crippen molar-refractivity contribution in [2.24, 2.45) is 0 Å². The number of rotatable bonds is 6. The molecular formula is C18H19N3O4S. The van der Waals surface area contributed by atoms with E-state index in [1.807, 2.05) is 18.2 Å². The first-order valence-corrected chi connectivity index (χ1v) is 9.59. The largest absolute Gasteiger partial charge is 0.356 e. The van der Waals surface area contributed by atoms with Crippen molar-refractivity contribution in [1.29, 1.82) is 0 Å². The minimum Gasteiger partial charge on any atom is -0.356 e. The Hall–Kier alpha value is -2.71. The number of sulfonamides is 1. The van der Waals surface area contributed by atoms with Gasteiger partial charge in [-0.1, -0.05) is 17.3 Å². The predicted octanol–water partition coefficient (Wildman–Crippen LogP) is 2.70. The molecule has 8 heteroatoms. The first-order chi connectivity index (χ1) is 12.3. The molecule has 1 aromatic heterocycles. The van der Waals surface area contributed by atoms with E-state index >= 15 is 0 Å². The standard InChI is InChI=1S/C18H19N3O4S/c1-12(2)21-26(23,24)14-9-7-13(8-10-14)19-18(22)11-16-15-5-3-4-6-17(15)25-20-16/h3-10,12,21H,11H2,1-2H3,(H,19,22). The summed E-state index contributed by atoms with van der Waals surface area (Å²) in [4.78, 5) is 12.4. The lowest BCUT2D eigenvalue weighted by Gasteiger charge is -2.10. The van der Waals surface area contributed by atoms with Crippen molar-refractivity contribution >= 4 is 32.6 Å². The molecule has 0 bridgehead atoms. The maximum atomic E-state index is 12.2. The van der Waals surface area contributed by atoms with Crippen LogP contribution in [-0.4, -0.2) is 25.5 Å². The van der Waals surface area contributed by atoms with Gasteiger partial charge in [0.15, 0.2) is 5.58 Å². The van der Waals surface area contributed by atoms with Crippen LogP contribution >= 0.6 is 0 Å². The highest BCUT2D eigenvalue weighted by atomic mass is 32.2. The number of nitrogens with zero attached hydrogens (tertiary/aromatic N) is 1. The van der Waals surface area contributed by atoms with E-state index < -0.39 is 10.0 Å². The second-order valence-corrected chi connectivity index (χ2v) is 7.86. The zero-order valence-electron chi connectivity index (χ0n) is 14.4. The molecule has 26 heavy (non-hydrogen) atoms. The molecule has 0 unspecified atom stereocenters. The topological polar surface area (TPSA) is 101 Å². The van der Waals surface area contributed by atoms with Crippen molar-refractivity contribution < 1.29 is 17.7 Å². The molecule has 7 nitrogen and oxygen atoms in total. The fourth-order valence-corrected chi connectivity index (χ4v) is 3.77. The molecule has 136 valence electrons. The molecule has 0 aliphatic rings. The fraction of sp³-hybridized carbons (Fsp3) is 0.222. The summed E-state index contributed by atoms with van der Waals surface area (Å²) in [5.74, 6) is -0.264. The highest BCUT2D eigenvalue weighted by molar-refractivity contribution is 7.89. The maximum Gasteiger partial charge on any atom is 0.240 e. The van der Waals surface area contributed by atoms with Gasteiger partial charge in [0.2, 0.25) is 15.9 Å². The van der Waals surface area contributed by atoms with Crippen LogP contribution in [0.1, 0.15) is 19.5 Å². The molecule has 0 saturated carbocycles. The van der Waals surface area contributed by atoms with Gasteiger partial charge in [0.1, 0.15) is 5.69 Å². The van der Waals surface area contributed by atoms with Crippen LogP contribution in [0.25, 0.3) is 11.0 Å². The SMILES string of the molecule is CC(C)NS(=O)(=O)c1ccc(NC(=O)Cc2noc3ccccc23)cc1. The molecule has 0 saturated heterocycles. The van der Waals surface area contributed by atoms with Crippen LogP contribution in [0.2, 0.25) is 0 Å². The Morgan fingerprint density at radius 3 is 2.50 bits per heavy atom. The van der Waals surface area contributed by atoms with Gasteiger partial charge in [0.05, 0.1) is 11.3 Å². The number of para-hydroxylation sites is 1. The Balaban J connectivity index is 1.68. The fourth-order valence-electron chi connectivity index (χ4n) is 2.52. The second-order valence-electron chi connectivity index (χ2n) is 6.15. The minimum atomic E-state index is -3.56. The third-order valence-electron chi connectivity index (χ3n) is 3.62. The van der Waals surface area contributed by atoms with Crippen LogP contribution in [0.3, 0.4) is 0 Å².